The van der Waals surface area contributed by atoms with Crippen LogP contribution in [0.1, 0.15) is 38.3 Å². The lowest BCUT2D eigenvalue weighted by Gasteiger charge is -2.14. The van der Waals surface area contributed by atoms with Gasteiger partial charge in [0.1, 0.15) is 11.6 Å². The van der Waals surface area contributed by atoms with Crippen LogP contribution in [0.15, 0.2) is 39.9 Å². The molecule has 0 fully saturated rings. The molecule has 0 saturated heterocycles. The maximum atomic E-state index is 12.5. The van der Waals surface area contributed by atoms with Gasteiger partial charge in [0.2, 0.25) is 0 Å². The van der Waals surface area contributed by atoms with Gasteiger partial charge in [0.05, 0.1) is 30.5 Å². The standard InChI is InChI=1S/C26H22BrCl2N3O6S/c1-36-19-9-13(8-17(27)22(19)38-12-14-6-7-15(28)10-18(14)29)11-30-32-24(34)23(33)31-25-21(26(35)37-2)16-4-3-5-20(16)39-25/h6-11H,3-5,12H2,1-2H3,(H,31,33)(H,32,34)/b30-11+. The Kier molecular flexibility index (Phi) is 9.49. The Hall–Kier alpha value is -3.12. The number of esters is 1. The third-order valence-corrected chi connectivity index (χ3v) is 8.15. The monoisotopic (exact) mass is 653 g/mol. The van der Waals surface area contributed by atoms with Crippen molar-refractivity contribution in [3.05, 3.63) is 72.0 Å². The van der Waals surface area contributed by atoms with Crippen LogP contribution in [0.2, 0.25) is 10.0 Å². The molecule has 13 heteroatoms. The molecule has 1 aliphatic carbocycles. The van der Waals surface area contributed by atoms with E-state index in [0.717, 1.165) is 35.3 Å². The topological polar surface area (TPSA) is 115 Å². The largest absolute Gasteiger partial charge is 0.493 e. The van der Waals surface area contributed by atoms with Crippen molar-refractivity contribution in [1.82, 2.24) is 5.43 Å². The number of benzene rings is 2. The molecule has 0 aliphatic heterocycles. The Morgan fingerprint density at radius 1 is 1.13 bits per heavy atom. The van der Waals surface area contributed by atoms with Crippen molar-refractivity contribution in [1.29, 1.82) is 0 Å². The molecule has 0 radical (unpaired) electrons. The third-order valence-electron chi connectivity index (χ3n) is 5.76. The van der Waals surface area contributed by atoms with Crippen LogP contribution >= 0.6 is 50.5 Å². The minimum absolute atomic E-state index is 0.175. The average Bonchev–Trinajstić information content (AvgIpc) is 3.49. The van der Waals surface area contributed by atoms with E-state index in [1.807, 2.05) is 0 Å². The van der Waals surface area contributed by atoms with Crippen molar-refractivity contribution >= 4 is 79.5 Å². The van der Waals surface area contributed by atoms with Gasteiger partial charge in [-0.3, -0.25) is 9.59 Å². The highest BCUT2D eigenvalue weighted by Crippen LogP contribution is 2.40. The number of anilines is 1. The van der Waals surface area contributed by atoms with E-state index in [9.17, 15) is 14.4 Å². The zero-order valence-electron chi connectivity index (χ0n) is 20.7. The predicted molar refractivity (Wildman–Crippen MR) is 154 cm³/mol. The number of nitrogens with zero attached hydrogens (tertiary/aromatic N) is 1. The summed E-state index contributed by atoms with van der Waals surface area (Å²) in [5.74, 6) is -1.66. The number of thiophene rings is 1. The van der Waals surface area contributed by atoms with Crippen LogP contribution in [0.25, 0.3) is 0 Å². The molecule has 0 spiro atoms. The van der Waals surface area contributed by atoms with Crippen LogP contribution in [0.4, 0.5) is 5.00 Å². The van der Waals surface area contributed by atoms with Crippen LogP contribution in [-0.2, 0) is 33.8 Å². The smallest absolute Gasteiger partial charge is 0.341 e. The second-order valence-electron chi connectivity index (χ2n) is 8.26. The molecule has 1 aromatic heterocycles. The average molecular weight is 655 g/mol. The number of ether oxygens (including phenoxy) is 3. The Bertz CT molecular complexity index is 1480. The van der Waals surface area contributed by atoms with Gasteiger partial charge in [0.15, 0.2) is 11.5 Å². The van der Waals surface area contributed by atoms with Crippen LogP contribution in [0, 0.1) is 0 Å². The number of amides is 2. The number of fused-ring (bicyclic) bond motifs is 1. The minimum Gasteiger partial charge on any atom is -0.493 e. The van der Waals surface area contributed by atoms with Crippen molar-refractivity contribution in [2.45, 2.75) is 25.9 Å². The zero-order chi connectivity index (χ0) is 28.1. The van der Waals surface area contributed by atoms with Gasteiger partial charge in [0, 0.05) is 20.5 Å². The van der Waals surface area contributed by atoms with E-state index >= 15 is 0 Å². The van der Waals surface area contributed by atoms with Gasteiger partial charge in [-0.15, -0.1) is 11.3 Å². The first-order chi connectivity index (χ1) is 18.7. The highest BCUT2D eigenvalue weighted by molar-refractivity contribution is 9.10. The molecule has 2 amide bonds. The first kappa shape index (κ1) is 28.9. The van der Waals surface area contributed by atoms with Crippen molar-refractivity contribution in [2.75, 3.05) is 19.5 Å². The normalized spacial score (nSPS) is 12.2. The first-order valence-corrected chi connectivity index (χ1v) is 13.9. The molecule has 1 aliphatic rings. The quantitative estimate of drug-likeness (QED) is 0.138. The molecule has 3 aromatic rings. The number of hydrazone groups is 1. The molecule has 0 atom stereocenters. The molecular formula is C26H22BrCl2N3O6S. The first-order valence-electron chi connectivity index (χ1n) is 11.5. The summed E-state index contributed by atoms with van der Waals surface area (Å²) in [6, 6.07) is 8.47. The number of hydrogen-bond donors (Lipinski definition) is 2. The van der Waals surface area contributed by atoms with Gasteiger partial charge in [-0.2, -0.15) is 5.10 Å². The SMILES string of the molecule is COC(=O)c1c(NC(=O)C(=O)N/N=C/c2cc(Br)c(OCc3ccc(Cl)cc3Cl)c(OC)c2)sc2c1CCC2. The van der Waals surface area contributed by atoms with Crippen LogP contribution in [-0.4, -0.2) is 38.2 Å². The molecule has 39 heavy (non-hydrogen) atoms. The van der Waals surface area contributed by atoms with Gasteiger partial charge in [-0.25, -0.2) is 10.2 Å². The Labute approximate surface area is 246 Å². The number of hydrogen-bond acceptors (Lipinski definition) is 8. The number of methoxy groups -OCH3 is 2. The number of aryl methyl sites for hydroxylation is 1. The van der Waals surface area contributed by atoms with Crippen LogP contribution in [0.5, 0.6) is 11.5 Å². The Morgan fingerprint density at radius 3 is 2.64 bits per heavy atom. The molecule has 2 N–H and O–H groups in total. The number of rotatable bonds is 8. The minimum atomic E-state index is -0.999. The highest BCUT2D eigenvalue weighted by Gasteiger charge is 2.29. The van der Waals surface area contributed by atoms with Gasteiger partial charge in [0.25, 0.3) is 0 Å². The zero-order valence-corrected chi connectivity index (χ0v) is 24.6. The summed E-state index contributed by atoms with van der Waals surface area (Å²) in [6.45, 7) is 0.175. The fraction of sp³-hybridized carbons (Fsp3) is 0.231. The van der Waals surface area contributed by atoms with Gasteiger partial charge in [-0.05, 0) is 70.6 Å². The number of nitrogens with one attached hydrogen (secondary N) is 2. The fourth-order valence-corrected chi connectivity index (χ4v) is 6.24. The fourth-order valence-electron chi connectivity index (χ4n) is 3.93. The van der Waals surface area contributed by atoms with Crippen molar-refractivity contribution in [3.8, 4) is 11.5 Å². The van der Waals surface area contributed by atoms with Crippen LogP contribution in [0.3, 0.4) is 0 Å². The Morgan fingerprint density at radius 2 is 1.92 bits per heavy atom. The molecule has 0 bridgehead atoms. The summed E-state index contributed by atoms with van der Waals surface area (Å²) in [5, 5.41) is 7.67. The summed E-state index contributed by atoms with van der Waals surface area (Å²) < 4.78 is 16.8. The van der Waals surface area contributed by atoms with E-state index in [1.165, 1.54) is 31.8 Å². The second kappa shape index (κ2) is 12.8. The molecule has 2 aromatic carbocycles. The van der Waals surface area contributed by atoms with Crippen molar-refractivity contribution < 1.29 is 28.6 Å². The van der Waals surface area contributed by atoms with E-state index in [1.54, 1.807) is 30.3 Å². The molecule has 9 nitrogen and oxygen atoms in total. The summed E-state index contributed by atoms with van der Waals surface area (Å²) in [7, 11) is 2.76. The van der Waals surface area contributed by atoms with Gasteiger partial charge >= 0.3 is 17.8 Å². The number of carbonyl (C=O) groups excluding carboxylic acids is 3. The van der Waals surface area contributed by atoms with Gasteiger partial charge in [-0.1, -0.05) is 29.3 Å². The number of halogens is 3. The lowest BCUT2D eigenvalue weighted by Crippen LogP contribution is -2.32. The summed E-state index contributed by atoms with van der Waals surface area (Å²) >= 11 is 16.9. The molecule has 4 rings (SSSR count). The maximum absolute atomic E-state index is 12.5. The van der Waals surface area contributed by atoms with E-state index < -0.39 is 17.8 Å². The lowest BCUT2D eigenvalue weighted by atomic mass is 10.1. The third kappa shape index (κ3) is 6.73. The number of carbonyl (C=O) groups is 3. The van der Waals surface area contributed by atoms with E-state index in [-0.39, 0.29) is 6.61 Å². The molecular weight excluding hydrogens is 633 g/mol. The molecule has 0 unspecified atom stereocenters. The van der Waals surface area contributed by atoms with Crippen LogP contribution < -0.4 is 20.2 Å². The second-order valence-corrected chi connectivity index (χ2v) is 11.1. The van der Waals surface area contributed by atoms with Crippen molar-refractivity contribution in [2.24, 2.45) is 5.10 Å². The summed E-state index contributed by atoms with van der Waals surface area (Å²) in [5.41, 5.74) is 4.65. The lowest BCUT2D eigenvalue weighted by molar-refractivity contribution is -0.136. The highest BCUT2D eigenvalue weighted by atomic mass is 79.9. The summed E-state index contributed by atoms with van der Waals surface area (Å²) in [6.07, 6.45) is 3.81. The Balaban J connectivity index is 1.40. The van der Waals surface area contributed by atoms with Gasteiger partial charge < -0.3 is 19.5 Å². The maximum Gasteiger partial charge on any atom is 0.341 e. The molecule has 204 valence electrons. The predicted octanol–water partition coefficient (Wildman–Crippen LogP) is 5.77. The van der Waals surface area contributed by atoms with E-state index in [4.69, 9.17) is 37.4 Å². The molecule has 0 saturated carbocycles. The van der Waals surface area contributed by atoms with Crippen molar-refractivity contribution in [3.63, 3.8) is 0 Å². The van der Waals surface area contributed by atoms with E-state index in [2.05, 4.69) is 31.8 Å². The summed E-state index contributed by atoms with van der Waals surface area (Å²) in [4.78, 5) is 38.1. The van der Waals surface area contributed by atoms with E-state index in [0.29, 0.717) is 42.1 Å². The molecule has 1 heterocycles.